The second-order valence-corrected chi connectivity index (χ2v) is 5.77. The molecule has 1 N–H and O–H groups in total. The van der Waals surface area contributed by atoms with Crippen LogP contribution in [0.5, 0.6) is 0 Å². The smallest absolute Gasteiger partial charge is 0.123 e. The molecule has 5 nitrogen and oxygen atoms in total. The van der Waals surface area contributed by atoms with Gasteiger partial charge in [-0.1, -0.05) is 30.3 Å². The van der Waals surface area contributed by atoms with Crippen molar-refractivity contribution >= 4 is 0 Å². The summed E-state index contributed by atoms with van der Waals surface area (Å²) in [4.78, 5) is 4.70. The Morgan fingerprint density at radius 2 is 1.95 bits per heavy atom. The number of nitriles is 1. The highest BCUT2D eigenvalue weighted by Gasteiger charge is 2.25. The first-order valence-corrected chi connectivity index (χ1v) is 7.68. The Labute approximate surface area is 131 Å². The Morgan fingerprint density at radius 1 is 1.23 bits per heavy atom. The third-order valence-electron chi connectivity index (χ3n) is 4.34. The normalized spacial score (nSPS) is 18.0. The van der Waals surface area contributed by atoms with E-state index in [9.17, 15) is 5.26 Å². The summed E-state index contributed by atoms with van der Waals surface area (Å²) in [6.07, 6.45) is 1.91. The fraction of sp³-hybridized carbons (Fsp3) is 0.412. The standard InChI is InChI=1S/C17H21N5/c1-14-16(12-19-20-14)13-21-7-9-22(10-8-21)17(11-18)15-5-3-2-4-6-15/h2-6,12,17H,7-10,13H2,1H3,(H,19,20). The highest BCUT2D eigenvalue weighted by molar-refractivity contribution is 5.24. The number of aromatic nitrogens is 2. The average molecular weight is 295 g/mol. The van der Waals surface area contributed by atoms with Crippen molar-refractivity contribution in [2.75, 3.05) is 26.2 Å². The number of nitrogens with one attached hydrogen (secondary N) is 1. The number of hydrogen-bond donors (Lipinski definition) is 1. The lowest BCUT2D eigenvalue weighted by Crippen LogP contribution is -2.46. The van der Waals surface area contributed by atoms with Crippen molar-refractivity contribution < 1.29 is 0 Å². The Morgan fingerprint density at radius 3 is 2.55 bits per heavy atom. The van der Waals surface area contributed by atoms with Gasteiger partial charge in [0.05, 0.1) is 12.3 Å². The lowest BCUT2D eigenvalue weighted by atomic mass is 10.1. The van der Waals surface area contributed by atoms with E-state index < -0.39 is 0 Å². The number of aryl methyl sites for hydroxylation is 1. The van der Waals surface area contributed by atoms with Gasteiger partial charge in [0, 0.05) is 44.0 Å². The van der Waals surface area contributed by atoms with Crippen molar-refractivity contribution in [2.24, 2.45) is 0 Å². The van der Waals surface area contributed by atoms with Gasteiger partial charge in [0.2, 0.25) is 0 Å². The zero-order valence-corrected chi connectivity index (χ0v) is 12.9. The molecular weight excluding hydrogens is 274 g/mol. The van der Waals surface area contributed by atoms with Crippen LogP contribution in [0, 0.1) is 18.3 Å². The summed E-state index contributed by atoms with van der Waals surface area (Å²) in [6.45, 7) is 6.79. The van der Waals surface area contributed by atoms with Crippen LogP contribution < -0.4 is 0 Å². The number of H-pyrrole nitrogens is 1. The topological polar surface area (TPSA) is 59.0 Å². The molecule has 0 spiro atoms. The summed E-state index contributed by atoms with van der Waals surface area (Å²) in [6, 6.07) is 12.4. The van der Waals surface area contributed by atoms with Crippen molar-refractivity contribution in [3.63, 3.8) is 0 Å². The number of hydrogen-bond acceptors (Lipinski definition) is 4. The highest BCUT2D eigenvalue weighted by atomic mass is 15.3. The third kappa shape index (κ3) is 3.19. The number of nitrogens with zero attached hydrogens (tertiary/aromatic N) is 4. The van der Waals surface area contributed by atoms with E-state index in [1.54, 1.807) is 0 Å². The second-order valence-electron chi connectivity index (χ2n) is 5.77. The number of aromatic amines is 1. The molecule has 1 aromatic carbocycles. The molecule has 1 aromatic heterocycles. The SMILES string of the molecule is Cc1[nH]ncc1CN1CCN(C(C#N)c2ccccc2)CC1. The summed E-state index contributed by atoms with van der Waals surface area (Å²) < 4.78 is 0. The molecule has 0 saturated carbocycles. The molecule has 2 aromatic rings. The fourth-order valence-electron chi connectivity index (χ4n) is 2.96. The molecule has 1 fully saturated rings. The van der Waals surface area contributed by atoms with E-state index >= 15 is 0 Å². The molecule has 0 aliphatic carbocycles. The summed E-state index contributed by atoms with van der Waals surface area (Å²) in [5, 5.41) is 16.6. The van der Waals surface area contributed by atoms with E-state index in [4.69, 9.17) is 0 Å². The molecule has 3 rings (SSSR count). The van der Waals surface area contributed by atoms with Gasteiger partial charge in [-0.2, -0.15) is 10.4 Å². The second kappa shape index (κ2) is 6.73. The molecule has 1 atom stereocenters. The molecule has 0 radical (unpaired) electrons. The van der Waals surface area contributed by atoms with Gasteiger partial charge in [-0.25, -0.2) is 0 Å². The van der Waals surface area contributed by atoms with E-state index in [1.165, 1.54) is 5.56 Å². The predicted molar refractivity (Wildman–Crippen MR) is 85.0 cm³/mol. The van der Waals surface area contributed by atoms with Crippen LogP contribution >= 0.6 is 0 Å². The van der Waals surface area contributed by atoms with Crippen LogP contribution in [-0.4, -0.2) is 46.2 Å². The van der Waals surface area contributed by atoms with Crippen molar-refractivity contribution in [1.29, 1.82) is 5.26 Å². The molecule has 1 unspecified atom stereocenters. The maximum atomic E-state index is 9.52. The summed E-state index contributed by atoms with van der Waals surface area (Å²) >= 11 is 0. The van der Waals surface area contributed by atoms with E-state index in [0.717, 1.165) is 44.0 Å². The molecule has 1 aliphatic rings. The third-order valence-corrected chi connectivity index (χ3v) is 4.34. The van der Waals surface area contributed by atoms with Gasteiger partial charge in [-0.3, -0.25) is 14.9 Å². The Bertz CT molecular complexity index is 635. The lowest BCUT2D eigenvalue weighted by molar-refractivity contribution is 0.109. The van der Waals surface area contributed by atoms with E-state index in [1.807, 2.05) is 36.5 Å². The zero-order valence-electron chi connectivity index (χ0n) is 12.9. The van der Waals surface area contributed by atoms with Crippen molar-refractivity contribution in [2.45, 2.75) is 19.5 Å². The first-order chi connectivity index (χ1) is 10.8. The summed E-state index contributed by atoms with van der Waals surface area (Å²) in [7, 11) is 0. The van der Waals surface area contributed by atoms with Gasteiger partial charge in [-0.15, -0.1) is 0 Å². The van der Waals surface area contributed by atoms with Crippen molar-refractivity contribution in [1.82, 2.24) is 20.0 Å². The zero-order chi connectivity index (χ0) is 15.4. The Hall–Kier alpha value is -2.16. The van der Waals surface area contributed by atoms with Crippen molar-refractivity contribution in [3.8, 4) is 6.07 Å². The van der Waals surface area contributed by atoms with Crippen LogP contribution in [0.15, 0.2) is 36.5 Å². The van der Waals surface area contributed by atoms with Gasteiger partial charge in [0.1, 0.15) is 6.04 Å². The molecule has 0 bridgehead atoms. The Balaban J connectivity index is 1.59. The largest absolute Gasteiger partial charge is 0.296 e. The van der Waals surface area contributed by atoms with Crippen LogP contribution in [0.25, 0.3) is 0 Å². The van der Waals surface area contributed by atoms with Crippen LogP contribution in [0.4, 0.5) is 0 Å². The van der Waals surface area contributed by atoms with Gasteiger partial charge < -0.3 is 0 Å². The highest BCUT2D eigenvalue weighted by Crippen LogP contribution is 2.22. The minimum atomic E-state index is -0.140. The van der Waals surface area contributed by atoms with Gasteiger partial charge in [-0.05, 0) is 12.5 Å². The molecule has 5 heteroatoms. The lowest BCUT2D eigenvalue weighted by Gasteiger charge is -2.37. The summed E-state index contributed by atoms with van der Waals surface area (Å²) in [5.74, 6) is 0. The molecule has 22 heavy (non-hydrogen) atoms. The summed E-state index contributed by atoms with van der Waals surface area (Å²) in [5.41, 5.74) is 3.49. The first kappa shape index (κ1) is 14.8. The fourth-order valence-corrected chi connectivity index (χ4v) is 2.96. The molecule has 0 amide bonds. The molecule has 114 valence electrons. The predicted octanol–water partition coefficient (Wildman–Crippen LogP) is 2.10. The van der Waals surface area contributed by atoms with E-state index in [2.05, 4.69) is 33.0 Å². The minimum absolute atomic E-state index is 0.140. The van der Waals surface area contributed by atoms with Crippen molar-refractivity contribution in [3.05, 3.63) is 53.3 Å². The average Bonchev–Trinajstić information content (AvgIpc) is 2.96. The van der Waals surface area contributed by atoms with Gasteiger partial charge in [0.25, 0.3) is 0 Å². The van der Waals surface area contributed by atoms with Crippen LogP contribution in [0.1, 0.15) is 22.9 Å². The first-order valence-electron chi connectivity index (χ1n) is 7.68. The van der Waals surface area contributed by atoms with E-state index in [-0.39, 0.29) is 6.04 Å². The Kier molecular flexibility index (Phi) is 4.52. The quantitative estimate of drug-likeness (QED) is 0.938. The van der Waals surface area contributed by atoms with Crippen LogP contribution in [-0.2, 0) is 6.54 Å². The number of rotatable bonds is 4. The molecule has 1 saturated heterocycles. The molecule has 1 aliphatic heterocycles. The van der Waals surface area contributed by atoms with Crippen LogP contribution in [0.2, 0.25) is 0 Å². The number of piperazine rings is 1. The minimum Gasteiger partial charge on any atom is -0.296 e. The number of benzene rings is 1. The molecule has 2 heterocycles. The van der Waals surface area contributed by atoms with Gasteiger partial charge in [0.15, 0.2) is 0 Å². The van der Waals surface area contributed by atoms with E-state index in [0.29, 0.717) is 0 Å². The van der Waals surface area contributed by atoms with Gasteiger partial charge >= 0.3 is 0 Å². The monoisotopic (exact) mass is 295 g/mol. The van der Waals surface area contributed by atoms with Crippen LogP contribution in [0.3, 0.4) is 0 Å². The maximum absolute atomic E-state index is 9.52. The maximum Gasteiger partial charge on any atom is 0.123 e. The molecular formula is C17H21N5.